The number of alkyl halides is 3. The van der Waals surface area contributed by atoms with Crippen LogP contribution in [0.2, 0.25) is 5.02 Å². The van der Waals surface area contributed by atoms with E-state index in [0.29, 0.717) is 6.07 Å². The third kappa shape index (κ3) is 4.32. The maximum absolute atomic E-state index is 12.9. The molecule has 0 radical (unpaired) electrons. The molecular formula is C16H14ClF3N2O5S. The Kier molecular flexibility index (Phi) is 5.71. The van der Waals surface area contributed by atoms with E-state index in [-0.39, 0.29) is 37.8 Å². The highest BCUT2D eigenvalue weighted by atomic mass is 35.5. The van der Waals surface area contributed by atoms with E-state index in [1.165, 1.54) is 6.07 Å². The zero-order chi connectivity index (χ0) is 20.5. The van der Waals surface area contributed by atoms with Crippen LogP contribution in [0.15, 0.2) is 39.8 Å². The van der Waals surface area contributed by atoms with Crippen molar-refractivity contribution in [1.29, 1.82) is 0 Å². The molecular weight excluding hydrogens is 425 g/mol. The van der Waals surface area contributed by atoms with Gasteiger partial charge in [0.15, 0.2) is 5.76 Å². The van der Waals surface area contributed by atoms with Crippen molar-refractivity contribution in [2.45, 2.75) is 11.3 Å². The van der Waals surface area contributed by atoms with Gasteiger partial charge in [0.05, 0.1) is 23.8 Å². The first-order chi connectivity index (χ1) is 13.1. The number of amides is 1. The molecule has 0 aliphatic carbocycles. The summed E-state index contributed by atoms with van der Waals surface area (Å²) in [7, 11) is -3.94. The smallest absolute Gasteiger partial charge is 0.417 e. The van der Waals surface area contributed by atoms with Crippen molar-refractivity contribution in [2.24, 2.45) is 0 Å². The summed E-state index contributed by atoms with van der Waals surface area (Å²) in [6.07, 6.45) is -4.69. The van der Waals surface area contributed by atoms with Crippen molar-refractivity contribution in [3.63, 3.8) is 0 Å². The predicted molar refractivity (Wildman–Crippen MR) is 92.7 cm³/mol. The number of carbonyl (C=O) groups excluding carboxylic acids is 1. The Hall–Kier alpha value is -2.08. The quantitative estimate of drug-likeness (QED) is 0.791. The number of carbonyl (C=O) groups is 1. The summed E-state index contributed by atoms with van der Waals surface area (Å²) in [5, 5.41) is 1.27. The molecule has 1 aliphatic heterocycles. The minimum Gasteiger partial charge on any atom is -0.438 e. The number of sulfonamides is 1. The molecule has 0 saturated carbocycles. The number of benzene rings is 1. The van der Waals surface area contributed by atoms with Gasteiger partial charge in [0.25, 0.3) is 15.9 Å². The molecule has 1 aromatic heterocycles. The Morgan fingerprint density at radius 2 is 1.82 bits per heavy atom. The van der Waals surface area contributed by atoms with Crippen LogP contribution in [0.25, 0.3) is 0 Å². The summed E-state index contributed by atoms with van der Waals surface area (Å²) >= 11 is 5.53. The molecule has 1 aliphatic rings. The van der Waals surface area contributed by atoms with Gasteiger partial charge in [0.2, 0.25) is 5.09 Å². The summed E-state index contributed by atoms with van der Waals surface area (Å²) in [5.74, 6) is -1.27. The van der Waals surface area contributed by atoms with Gasteiger partial charge >= 0.3 is 6.18 Å². The standard InChI is InChI=1S/C16H14ClF3N2O5S/c17-12-2-1-10(9-11(12)16(18,19)20)21-15(23)13-3-4-14(27-13)28(24,25)22-5-7-26-8-6-22/h1-4,9H,5-8H2,(H,21,23). The first-order valence-electron chi connectivity index (χ1n) is 7.95. The molecule has 1 aromatic carbocycles. The van der Waals surface area contributed by atoms with Crippen LogP contribution < -0.4 is 5.32 Å². The molecule has 0 spiro atoms. The first-order valence-corrected chi connectivity index (χ1v) is 9.76. The molecule has 1 fully saturated rings. The number of nitrogens with one attached hydrogen (secondary N) is 1. The van der Waals surface area contributed by atoms with Crippen LogP contribution in [-0.4, -0.2) is 44.9 Å². The molecule has 1 amide bonds. The van der Waals surface area contributed by atoms with E-state index in [1.807, 2.05) is 0 Å². The second-order valence-electron chi connectivity index (χ2n) is 5.78. The number of furan rings is 1. The molecule has 7 nitrogen and oxygen atoms in total. The van der Waals surface area contributed by atoms with Crippen molar-refractivity contribution >= 4 is 33.2 Å². The van der Waals surface area contributed by atoms with Crippen molar-refractivity contribution in [3.8, 4) is 0 Å². The van der Waals surface area contributed by atoms with E-state index in [9.17, 15) is 26.4 Å². The van der Waals surface area contributed by atoms with Crippen LogP contribution in [0.4, 0.5) is 18.9 Å². The highest BCUT2D eigenvalue weighted by Gasteiger charge is 2.34. The van der Waals surface area contributed by atoms with Gasteiger partial charge in [-0.15, -0.1) is 0 Å². The number of rotatable bonds is 4. The molecule has 1 N–H and O–H groups in total. The monoisotopic (exact) mass is 438 g/mol. The zero-order valence-corrected chi connectivity index (χ0v) is 15.7. The normalized spacial score (nSPS) is 16.1. The lowest BCUT2D eigenvalue weighted by Gasteiger charge is -2.24. The Morgan fingerprint density at radius 1 is 1.14 bits per heavy atom. The van der Waals surface area contributed by atoms with Gasteiger partial charge in [-0.1, -0.05) is 11.6 Å². The summed E-state index contributed by atoms with van der Waals surface area (Å²) in [5.41, 5.74) is -1.28. The van der Waals surface area contributed by atoms with Gasteiger partial charge in [-0.3, -0.25) is 4.79 Å². The van der Waals surface area contributed by atoms with Gasteiger partial charge in [-0.05, 0) is 30.3 Å². The summed E-state index contributed by atoms with van der Waals surface area (Å²) in [6.45, 7) is 0.780. The summed E-state index contributed by atoms with van der Waals surface area (Å²) < 4.78 is 75.0. The van der Waals surface area contributed by atoms with Crippen molar-refractivity contribution in [2.75, 3.05) is 31.6 Å². The van der Waals surface area contributed by atoms with Crippen molar-refractivity contribution in [3.05, 3.63) is 46.7 Å². The topological polar surface area (TPSA) is 88.9 Å². The summed E-state index contributed by atoms with van der Waals surface area (Å²) in [6, 6.07) is 5.10. The number of halogens is 4. The fraction of sp³-hybridized carbons (Fsp3) is 0.312. The highest BCUT2D eigenvalue weighted by molar-refractivity contribution is 7.89. The van der Waals surface area contributed by atoms with Crippen LogP contribution in [-0.2, 0) is 20.9 Å². The molecule has 2 heterocycles. The van der Waals surface area contributed by atoms with E-state index in [2.05, 4.69) is 5.32 Å². The number of hydrogen-bond donors (Lipinski definition) is 1. The Labute approximate surface area is 163 Å². The van der Waals surface area contributed by atoms with Gasteiger partial charge < -0.3 is 14.5 Å². The Morgan fingerprint density at radius 3 is 2.46 bits per heavy atom. The number of ether oxygens (including phenoxy) is 1. The molecule has 0 bridgehead atoms. The average Bonchev–Trinajstić information content (AvgIpc) is 3.14. The Bertz CT molecular complexity index is 984. The van der Waals surface area contributed by atoms with Crippen LogP contribution in [0.5, 0.6) is 0 Å². The predicted octanol–water partition coefficient (Wildman–Crippen LogP) is 3.23. The van der Waals surface area contributed by atoms with E-state index in [1.54, 1.807) is 0 Å². The molecule has 2 aromatic rings. The van der Waals surface area contributed by atoms with E-state index in [4.69, 9.17) is 20.8 Å². The lowest BCUT2D eigenvalue weighted by molar-refractivity contribution is -0.137. The first kappa shape index (κ1) is 20.6. The zero-order valence-electron chi connectivity index (χ0n) is 14.1. The van der Waals surface area contributed by atoms with Gasteiger partial charge in [0, 0.05) is 18.8 Å². The minimum absolute atomic E-state index is 0.148. The molecule has 152 valence electrons. The fourth-order valence-electron chi connectivity index (χ4n) is 2.51. The lowest BCUT2D eigenvalue weighted by atomic mass is 10.2. The molecule has 0 unspecified atom stereocenters. The third-order valence-electron chi connectivity index (χ3n) is 3.90. The number of anilines is 1. The molecule has 1 saturated heterocycles. The largest absolute Gasteiger partial charge is 0.438 e. The van der Waals surface area contributed by atoms with Gasteiger partial charge in [-0.25, -0.2) is 8.42 Å². The van der Waals surface area contributed by atoms with Crippen LogP contribution in [0.3, 0.4) is 0 Å². The maximum Gasteiger partial charge on any atom is 0.417 e. The number of hydrogen-bond acceptors (Lipinski definition) is 5. The van der Waals surface area contributed by atoms with Crippen LogP contribution in [0.1, 0.15) is 16.1 Å². The Balaban J connectivity index is 1.78. The molecule has 0 atom stereocenters. The highest BCUT2D eigenvalue weighted by Crippen LogP contribution is 2.36. The third-order valence-corrected chi connectivity index (χ3v) is 6.00. The molecule has 12 heteroatoms. The van der Waals surface area contributed by atoms with Crippen molar-refractivity contribution < 1.29 is 35.5 Å². The number of nitrogens with zero attached hydrogens (tertiary/aromatic N) is 1. The molecule has 3 rings (SSSR count). The van der Waals surface area contributed by atoms with Gasteiger partial charge in [0.1, 0.15) is 0 Å². The van der Waals surface area contributed by atoms with E-state index >= 15 is 0 Å². The van der Waals surface area contributed by atoms with E-state index in [0.717, 1.165) is 22.5 Å². The van der Waals surface area contributed by atoms with Crippen molar-refractivity contribution in [1.82, 2.24) is 4.31 Å². The average molecular weight is 439 g/mol. The minimum atomic E-state index is -4.69. The van der Waals surface area contributed by atoms with E-state index < -0.39 is 37.8 Å². The number of morpholine rings is 1. The summed E-state index contributed by atoms with van der Waals surface area (Å²) in [4.78, 5) is 12.2. The molecule has 28 heavy (non-hydrogen) atoms. The fourth-order valence-corrected chi connectivity index (χ4v) is 4.05. The lowest BCUT2D eigenvalue weighted by Crippen LogP contribution is -2.40. The maximum atomic E-state index is 12.9. The second-order valence-corrected chi connectivity index (χ2v) is 8.06. The SMILES string of the molecule is O=C(Nc1ccc(Cl)c(C(F)(F)F)c1)c1ccc(S(=O)(=O)N2CCOCC2)o1. The van der Waals surface area contributed by atoms with Crippen LogP contribution in [0, 0.1) is 0 Å². The second kappa shape index (κ2) is 7.74. The van der Waals surface area contributed by atoms with Gasteiger partial charge in [-0.2, -0.15) is 17.5 Å². The van der Waals surface area contributed by atoms with Crippen LogP contribution >= 0.6 is 11.6 Å².